The second-order valence-corrected chi connectivity index (χ2v) is 6.04. The Balaban J connectivity index is 2.87. The summed E-state index contributed by atoms with van der Waals surface area (Å²) in [7, 11) is 0. The molecule has 22 heavy (non-hydrogen) atoms. The van der Waals surface area contributed by atoms with E-state index in [2.05, 4.69) is 0 Å². The highest BCUT2D eigenvalue weighted by molar-refractivity contribution is 6.09. The molecule has 0 amide bonds. The largest absolute Gasteiger partial charge is 0.480 e. The molecule has 6 heteroatoms. The van der Waals surface area contributed by atoms with Crippen molar-refractivity contribution < 1.29 is 19.8 Å². The van der Waals surface area contributed by atoms with Crippen LogP contribution in [0.1, 0.15) is 25.8 Å². The summed E-state index contributed by atoms with van der Waals surface area (Å²) in [6.45, 7) is 3.52. The zero-order valence-corrected chi connectivity index (χ0v) is 12.9. The summed E-state index contributed by atoms with van der Waals surface area (Å²) < 4.78 is 0. The fourth-order valence-corrected chi connectivity index (χ4v) is 2.39. The van der Waals surface area contributed by atoms with Crippen molar-refractivity contribution in [1.82, 2.24) is 0 Å². The van der Waals surface area contributed by atoms with Gasteiger partial charge in [-0.2, -0.15) is 0 Å². The fourth-order valence-electron chi connectivity index (χ4n) is 2.39. The quantitative estimate of drug-likeness (QED) is 0.512. The molecule has 3 atom stereocenters. The van der Waals surface area contributed by atoms with Crippen LogP contribution in [0.2, 0.25) is 0 Å². The molecule has 6 N–H and O–H groups in total. The average molecular weight is 308 g/mol. The van der Waals surface area contributed by atoms with Gasteiger partial charge in [-0.15, -0.1) is 0 Å². The van der Waals surface area contributed by atoms with E-state index in [9.17, 15) is 19.8 Å². The van der Waals surface area contributed by atoms with Gasteiger partial charge in [0.15, 0.2) is 11.3 Å². The van der Waals surface area contributed by atoms with Crippen LogP contribution in [0, 0.1) is 5.92 Å². The predicted molar refractivity (Wildman–Crippen MR) is 83.1 cm³/mol. The van der Waals surface area contributed by atoms with Crippen LogP contribution in [0.4, 0.5) is 0 Å². The maximum atomic E-state index is 12.3. The molecule has 1 aromatic rings. The number of hydrogen-bond donors (Lipinski definition) is 4. The molecule has 0 heterocycles. The van der Waals surface area contributed by atoms with Crippen LogP contribution in [0.25, 0.3) is 0 Å². The third-order valence-electron chi connectivity index (χ3n) is 3.54. The van der Waals surface area contributed by atoms with Gasteiger partial charge in [0.1, 0.15) is 6.10 Å². The maximum absolute atomic E-state index is 12.3. The third kappa shape index (κ3) is 4.37. The number of hydrogen-bond acceptors (Lipinski definition) is 5. The van der Waals surface area contributed by atoms with E-state index in [4.69, 9.17) is 11.5 Å². The third-order valence-corrected chi connectivity index (χ3v) is 3.54. The molecule has 0 aromatic heterocycles. The number of ketones is 1. The lowest BCUT2D eigenvalue weighted by Gasteiger charge is -2.29. The normalized spacial score (nSPS) is 16.8. The summed E-state index contributed by atoms with van der Waals surface area (Å²) in [6.07, 6.45) is -1.43. The zero-order valence-electron chi connectivity index (χ0n) is 12.9. The molecule has 1 unspecified atom stereocenters. The summed E-state index contributed by atoms with van der Waals surface area (Å²) in [5.74, 6) is -2.50. The number of carbonyl (C=O) groups excluding carboxylic acids is 1. The molecule has 0 spiro atoms. The number of aliphatic carboxylic acids is 1. The number of aliphatic hydroxyl groups is 1. The Morgan fingerprint density at radius 3 is 2.23 bits per heavy atom. The number of aliphatic hydroxyl groups excluding tert-OH is 1. The molecular weight excluding hydrogens is 284 g/mol. The number of nitrogens with two attached hydrogens (primary N) is 2. The lowest BCUT2D eigenvalue weighted by atomic mass is 9.81. The highest BCUT2D eigenvalue weighted by atomic mass is 16.4. The van der Waals surface area contributed by atoms with E-state index < -0.39 is 29.4 Å². The summed E-state index contributed by atoms with van der Waals surface area (Å²) in [5, 5.41) is 19.4. The summed E-state index contributed by atoms with van der Waals surface area (Å²) in [4.78, 5) is 23.7. The Hall–Kier alpha value is -1.76. The van der Waals surface area contributed by atoms with E-state index in [0.29, 0.717) is 0 Å². The minimum atomic E-state index is -2.12. The van der Waals surface area contributed by atoms with E-state index in [1.165, 1.54) is 0 Å². The number of benzene rings is 1. The molecule has 0 fully saturated rings. The minimum absolute atomic E-state index is 0.0592. The highest BCUT2D eigenvalue weighted by Crippen LogP contribution is 2.19. The van der Waals surface area contributed by atoms with Gasteiger partial charge in [0.2, 0.25) is 0 Å². The molecule has 6 nitrogen and oxygen atoms in total. The molecule has 0 aliphatic carbocycles. The number of carboxylic acids is 1. The van der Waals surface area contributed by atoms with Crippen molar-refractivity contribution in [2.24, 2.45) is 17.4 Å². The first-order valence-corrected chi connectivity index (χ1v) is 7.22. The van der Waals surface area contributed by atoms with Crippen molar-refractivity contribution >= 4 is 11.8 Å². The molecule has 0 aliphatic rings. The topological polar surface area (TPSA) is 127 Å². The smallest absolute Gasteiger partial charge is 0.331 e. The first kappa shape index (κ1) is 18.3. The van der Waals surface area contributed by atoms with Crippen molar-refractivity contribution in [3.05, 3.63) is 35.9 Å². The Morgan fingerprint density at radius 2 is 1.77 bits per heavy atom. The first-order chi connectivity index (χ1) is 10.2. The van der Waals surface area contributed by atoms with Gasteiger partial charge in [0, 0.05) is 6.04 Å². The standard InChI is InChI=1S/C16H24N2O4/c1-10(2)9-16(18,15(21)22)14(20)13(19)12(17)8-11-6-4-3-5-7-11/h3-7,10,12-13,19H,8-9,17-18H2,1-2H3,(H,21,22)/t12-,13-,16?/m1/s1. The molecule has 0 aliphatic heterocycles. The summed E-state index contributed by atoms with van der Waals surface area (Å²) >= 11 is 0. The van der Waals surface area contributed by atoms with Crippen LogP contribution in [0.3, 0.4) is 0 Å². The van der Waals surface area contributed by atoms with E-state index in [1.807, 2.05) is 30.3 Å². The van der Waals surface area contributed by atoms with Gasteiger partial charge in [0.25, 0.3) is 0 Å². The second kappa shape index (κ2) is 7.49. The van der Waals surface area contributed by atoms with Crippen LogP contribution in [0.5, 0.6) is 0 Å². The Bertz CT molecular complexity index is 518. The fraction of sp³-hybridized carbons (Fsp3) is 0.500. The number of Topliss-reactive ketones (excluding diaryl/α,β-unsaturated/α-hetero) is 1. The van der Waals surface area contributed by atoms with Gasteiger partial charge in [-0.25, -0.2) is 4.79 Å². The molecule has 0 saturated carbocycles. The van der Waals surface area contributed by atoms with E-state index >= 15 is 0 Å². The summed E-state index contributed by atoms with van der Waals surface area (Å²) in [5.41, 5.74) is 10.3. The van der Waals surface area contributed by atoms with Crippen molar-refractivity contribution in [2.75, 3.05) is 0 Å². The van der Waals surface area contributed by atoms with Crippen LogP contribution < -0.4 is 11.5 Å². The van der Waals surface area contributed by atoms with Gasteiger partial charge >= 0.3 is 5.97 Å². The Morgan fingerprint density at radius 1 is 1.23 bits per heavy atom. The zero-order chi connectivity index (χ0) is 16.9. The van der Waals surface area contributed by atoms with Crippen molar-refractivity contribution in [3.8, 4) is 0 Å². The lowest BCUT2D eigenvalue weighted by molar-refractivity contribution is -0.152. The van der Waals surface area contributed by atoms with Crippen molar-refractivity contribution in [3.63, 3.8) is 0 Å². The Labute approximate surface area is 130 Å². The monoisotopic (exact) mass is 308 g/mol. The number of rotatable bonds is 8. The maximum Gasteiger partial charge on any atom is 0.331 e. The molecule has 0 saturated heterocycles. The average Bonchev–Trinajstić information content (AvgIpc) is 2.45. The van der Waals surface area contributed by atoms with Gasteiger partial charge in [0.05, 0.1) is 0 Å². The molecule has 1 aromatic carbocycles. The van der Waals surface area contributed by atoms with Gasteiger partial charge < -0.3 is 21.7 Å². The van der Waals surface area contributed by atoms with Crippen LogP contribution in [-0.4, -0.2) is 39.7 Å². The van der Waals surface area contributed by atoms with Crippen LogP contribution in [-0.2, 0) is 16.0 Å². The summed E-state index contributed by atoms with van der Waals surface area (Å²) in [6, 6.07) is 8.20. The van der Waals surface area contributed by atoms with Gasteiger partial charge in [-0.05, 0) is 24.3 Å². The number of carboxylic acid groups (broad SMARTS) is 1. The minimum Gasteiger partial charge on any atom is -0.480 e. The lowest BCUT2D eigenvalue weighted by Crippen LogP contribution is -2.62. The van der Waals surface area contributed by atoms with Gasteiger partial charge in [-0.3, -0.25) is 4.79 Å². The molecule has 122 valence electrons. The van der Waals surface area contributed by atoms with Gasteiger partial charge in [-0.1, -0.05) is 44.2 Å². The highest BCUT2D eigenvalue weighted by Gasteiger charge is 2.46. The van der Waals surface area contributed by atoms with Crippen molar-refractivity contribution in [2.45, 2.75) is 44.4 Å². The molecule has 0 radical (unpaired) electrons. The van der Waals surface area contributed by atoms with Crippen molar-refractivity contribution in [1.29, 1.82) is 0 Å². The molecular formula is C16H24N2O4. The van der Waals surface area contributed by atoms with E-state index in [1.54, 1.807) is 13.8 Å². The first-order valence-electron chi connectivity index (χ1n) is 7.22. The van der Waals surface area contributed by atoms with E-state index in [0.717, 1.165) is 5.56 Å². The predicted octanol–water partition coefficient (Wildman–Crippen LogP) is 0.315. The van der Waals surface area contributed by atoms with Crippen LogP contribution >= 0.6 is 0 Å². The Kier molecular flexibility index (Phi) is 6.22. The molecule has 0 bridgehead atoms. The SMILES string of the molecule is CC(C)CC(N)(C(=O)O)C(=O)[C@H](O)[C@H](N)Cc1ccccc1. The second-order valence-electron chi connectivity index (χ2n) is 6.04. The molecule has 1 rings (SSSR count). The van der Waals surface area contributed by atoms with Crippen LogP contribution in [0.15, 0.2) is 30.3 Å². The number of carbonyl (C=O) groups is 2. The van der Waals surface area contributed by atoms with E-state index in [-0.39, 0.29) is 18.8 Å².